The number of esters is 2. The molecular weight excluding hydrogens is 244 g/mol. The maximum atomic E-state index is 11.0. The Balaban J connectivity index is 3.06. The molecule has 0 fully saturated rings. The van der Waals surface area contributed by atoms with Crippen LogP contribution in [-0.4, -0.2) is 11.9 Å². The van der Waals surface area contributed by atoms with Crippen molar-refractivity contribution in [2.24, 2.45) is 0 Å². The van der Waals surface area contributed by atoms with E-state index >= 15 is 0 Å². The normalized spacial score (nSPS) is 9.68. The van der Waals surface area contributed by atoms with Gasteiger partial charge >= 0.3 is 11.9 Å². The molecule has 1 rings (SSSR count). The summed E-state index contributed by atoms with van der Waals surface area (Å²) >= 11 is 0. The monoisotopic (exact) mass is 262 g/mol. The molecule has 0 aliphatic rings. The molecule has 0 saturated carbocycles. The van der Waals surface area contributed by atoms with Gasteiger partial charge < -0.3 is 9.47 Å². The lowest BCUT2D eigenvalue weighted by atomic mass is 10.1. The van der Waals surface area contributed by atoms with Crippen LogP contribution in [0.4, 0.5) is 0 Å². The zero-order valence-electron chi connectivity index (χ0n) is 11.6. The summed E-state index contributed by atoms with van der Waals surface area (Å²) < 4.78 is 10.2. The van der Waals surface area contributed by atoms with Gasteiger partial charge in [-0.05, 0) is 38.5 Å². The number of benzene rings is 1. The number of carbonyl (C=O) groups excluding carboxylic acids is 2. The van der Waals surface area contributed by atoms with Gasteiger partial charge in [-0.2, -0.15) is 0 Å². The van der Waals surface area contributed by atoms with Crippen LogP contribution in [0.3, 0.4) is 0 Å². The Bertz CT molecular complexity index is 511. The molecule has 0 radical (unpaired) electrons. The molecule has 0 aliphatic carbocycles. The van der Waals surface area contributed by atoms with Crippen LogP contribution in [0, 0.1) is 0 Å². The number of ether oxygens (including phenoxy) is 2. The quantitative estimate of drug-likeness (QED) is 0.475. The first-order valence-corrected chi connectivity index (χ1v) is 6.01. The fourth-order valence-corrected chi connectivity index (χ4v) is 1.51. The second-order valence-corrected chi connectivity index (χ2v) is 4.44. The van der Waals surface area contributed by atoms with Gasteiger partial charge in [0.05, 0.1) is 0 Å². The van der Waals surface area contributed by atoms with Gasteiger partial charge in [0, 0.05) is 19.4 Å². The molecule has 102 valence electrons. The third-order valence-corrected chi connectivity index (χ3v) is 2.28. The summed E-state index contributed by atoms with van der Waals surface area (Å²) in [4.78, 5) is 22.0. The van der Waals surface area contributed by atoms with Crippen LogP contribution in [0.25, 0.3) is 0 Å². The molecule has 1 aromatic rings. The predicted octanol–water partition coefficient (Wildman–Crippen LogP) is 3.05. The van der Waals surface area contributed by atoms with Gasteiger partial charge in [-0.25, -0.2) is 0 Å². The van der Waals surface area contributed by atoms with Crippen LogP contribution in [0.1, 0.15) is 33.3 Å². The van der Waals surface area contributed by atoms with E-state index in [1.165, 1.54) is 13.8 Å². The molecule has 19 heavy (non-hydrogen) atoms. The highest BCUT2D eigenvalue weighted by Crippen LogP contribution is 2.25. The van der Waals surface area contributed by atoms with E-state index in [-0.39, 0.29) is 11.9 Å². The standard InChI is InChI=1S/C15H18O4/c1-10(2)5-6-13-9-14(18-11(3)16)7-8-15(13)19-12(4)17/h5,7-9H,6H2,1-4H3. The topological polar surface area (TPSA) is 52.6 Å². The summed E-state index contributed by atoms with van der Waals surface area (Å²) in [7, 11) is 0. The van der Waals surface area contributed by atoms with E-state index in [2.05, 4.69) is 0 Å². The van der Waals surface area contributed by atoms with Crippen molar-refractivity contribution >= 4 is 11.9 Å². The Hall–Kier alpha value is -2.10. The SMILES string of the molecule is CC(=O)Oc1ccc(OC(C)=O)c(CC=C(C)C)c1. The van der Waals surface area contributed by atoms with Crippen molar-refractivity contribution in [1.82, 2.24) is 0 Å². The minimum atomic E-state index is -0.381. The Kier molecular flexibility index (Phi) is 5.30. The third-order valence-electron chi connectivity index (χ3n) is 2.28. The van der Waals surface area contributed by atoms with E-state index in [9.17, 15) is 9.59 Å². The van der Waals surface area contributed by atoms with Crippen molar-refractivity contribution in [2.75, 3.05) is 0 Å². The average Bonchev–Trinajstić information content (AvgIpc) is 2.27. The molecule has 0 saturated heterocycles. The highest BCUT2D eigenvalue weighted by atomic mass is 16.5. The van der Waals surface area contributed by atoms with E-state index in [4.69, 9.17) is 9.47 Å². The molecule has 0 amide bonds. The predicted molar refractivity (Wildman–Crippen MR) is 72.2 cm³/mol. The first kappa shape index (κ1) is 15.0. The minimum Gasteiger partial charge on any atom is -0.427 e. The maximum Gasteiger partial charge on any atom is 0.308 e. The molecule has 4 nitrogen and oxygen atoms in total. The highest BCUT2D eigenvalue weighted by molar-refractivity contribution is 5.71. The van der Waals surface area contributed by atoms with E-state index in [0.717, 1.165) is 11.1 Å². The number of carbonyl (C=O) groups is 2. The Morgan fingerprint density at radius 3 is 2.21 bits per heavy atom. The third kappa shape index (κ3) is 5.38. The summed E-state index contributed by atoms with van der Waals surface area (Å²) in [6.07, 6.45) is 2.62. The second kappa shape index (κ2) is 6.73. The van der Waals surface area contributed by atoms with Crippen molar-refractivity contribution < 1.29 is 19.1 Å². The molecule has 0 aromatic heterocycles. The van der Waals surface area contributed by atoms with Crippen molar-refractivity contribution in [1.29, 1.82) is 0 Å². The van der Waals surface area contributed by atoms with E-state index < -0.39 is 0 Å². The van der Waals surface area contributed by atoms with Gasteiger partial charge in [0.2, 0.25) is 0 Å². The lowest BCUT2D eigenvalue weighted by molar-refractivity contribution is -0.133. The van der Waals surface area contributed by atoms with Gasteiger partial charge in [-0.15, -0.1) is 0 Å². The first-order chi connectivity index (χ1) is 8.88. The van der Waals surface area contributed by atoms with Crippen LogP contribution in [-0.2, 0) is 16.0 Å². The Morgan fingerprint density at radius 1 is 1.05 bits per heavy atom. The molecule has 0 N–H and O–H groups in total. The first-order valence-electron chi connectivity index (χ1n) is 6.01. The van der Waals surface area contributed by atoms with Gasteiger partial charge in [0.1, 0.15) is 11.5 Å². The zero-order valence-corrected chi connectivity index (χ0v) is 11.6. The van der Waals surface area contributed by atoms with E-state index in [1.807, 2.05) is 19.9 Å². The van der Waals surface area contributed by atoms with Gasteiger partial charge in [-0.3, -0.25) is 9.59 Å². The Labute approximate surface area is 113 Å². The lowest BCUT2D eigenvalue weighted by Gasteiger charge is -2.10. The Morgan fingerprint density at radius 2 is 1.68 bits per heavy atom. The van der Waals surface area contributed by atoms with Gasteiger partial charge in [-0.1, -0.05) is 11.6 Å². The summed E-state index contributed by atoms with van der Waals surface area (Å²) in [6, 6.07) is 4.94. The number of allylic oxidation sites excluding steroid dienone is 2. The van der Waals surface area contributed by atoms with Crippen LogP contribution in [0.2, 0.25) is 0 Å². The molecule has 0 aliphatic heterocycles. The minimum absolute atomic E-state index is 0.376. The fourth-order valence-electron chi connectivity index (χ4n) is 1.51. The van der Waals surface area contributed by atoms with Crippen molar-refractivity contribution in [2.45, 2.75) is 34.1 Å². The molecule has 0 atom stereocenters. The van der Waals surface area contributed by atoms with Crippen LogP contribution in [0.15, 0.2) is 29.8 Å². The van der Waals surface area contributed by atoms with Gasteiger partial charge in [0.25, 0.3) is 0 Å². The molecule has 0 spiro atoms. The molecule has 4 heteroatoms. The van der Waals surface area contributed by atoms with Crippen LogP contribution >= 0.6 is 0 Å². The van der Waals surface area contributed by atoms with Crippen molar-refractivity contribution in [3.05, 3.63) is 35.4 Å². The van der Waals surface area contributed by atoms with E-state index in [1.54, 1.807) is 18.2 Å². The number of rotatable bonds is 4. The molecule has 1 aromatic carbocycles. The number of hydrogen-bond acceptors (Lipinski definition) is 4. The fraction of sp³-hybridized carbons (Fsp3) is 0.333. The molecule has 0 heterocycles. The van der Waals surface area contributed by atoms with Gasteiger partial charge in [0.15, 0.2) is 0 Å². The van der Waals surface area contributed by atoms with Crippen molar-refractivity contribution in [3.63, 3.8) is 0 Å². The lowest BCUT2D eigenvalue weighted by Crippen LogP contribution is -2.05. The average molecular weight is 262 g/mol. The maximum absolute atomic E-state index is 11.0. The molecular formula is C15H18O4. The summed E-state index contributed by atoms with van der Waals surface area (Å²) in [5.41, 5.74) is 1.96. The largest absolute Gasteiger partial charge is 0.427 e. The summed E-state index contributed by atoms with van der Waals surface area (Å²) in [5, 5.41) is 0. The number of hydrogen-bond donors (Lipinski definition) is 0. The summed E-state index contributed by atoms with van der Waals surface area (Å²) in [5.74, 6) is 0.175. The highest BCUT2D eigenvalue weighted by Gasteiger charge is 2.08. The molecule has 0 bridgehead atoms. The molecule has 0 unspecified atom stereocenters. The van der Waals surface area contributed by atoms with E-state index in [0.29, 0.717) is 17.9 Å². The smallest absolute Gasteiger partial charge is 0.308 e. The van der Waals surface area contributed by atoms with Crippen LogP contribution in [0.5, 0.6) is 11.5 Å². The zero-order chi connectivity index (χ0) is 14.4. The second-order valence-electron chi connectivity index (χ2n) is 4.44. The van der Waals surface area contributed by atoms with Crippen LogP contribution < -0.4 is 9.47 Å². The van der Waals surface area contributed by atoms with Crippen molar-refractivity contribution in [3.8, 4) is 11.5 Å². The summed E-state index contributed by atoms with van der Waals surface area (Å²) in [6.45, 7) is 6.67.